The van der Waals surface area contributed by atoms with Crippen molar-refractivity contribution >= 4 is 84.4 Å². The van der Waals surface area contributed by atoms with Crippen LogP contribution in [0.15, 0.2) is 315 Å². The number of methoxy groups -OCH3 is 5. The van der Waals surface area contributed by atoms with Gasteiger partial charge in [-0.15, -0.1) is 0 Å². The molecule has 2 aliphatic carbocycles. The minimum absolute atomic E-state index is 0.501. The van der Waals surface area contributed by atoms with E-state index in [-0.39, 0.29) is 0 Å². The first kappa shape index (κ1) is 60.1. The highest BCUT2D eigenvalue weighted by Gasteiger charge is 2.29. The normalized spacial score (nSPS) is 13.0. The lowest BCUT2D eigenvalue weighted by molar-refractivity contribution is 0.306. The molecule has 0 saturated carbocycles. The van der Waals surface area contributed by atoms with Crippen LogP contribution in [0.3, 0.4) is 0 Å². The Morgan fingerprint density at radius 1 is 0.302 bits per heavy atom. The average Bonchev–Trinajstić information content (AvgIpc) is 1.58. The first-order chi connectivity index (χ1) is 47.2. The Bertz CT molecular complexity index is 5030. The summed E-state index contributed by atoms with van der Waals surface area (Å²) in [7, 11) is 8.52. The summed E-state index contributed by atoms with van der Waals surface area (Å²) < 4.78 is 30.5. The SMILES string of the molecule is COC1=CCC=C(N(c2ccc(OC)cc2)c2ccc(-c3ccc(N(c4ccc(OC)cc4)c4ccc5c(c4)c4cc(N(c6ccc(OC)cc6)c6ccc(-c7ccc(N(c8ccc(OC)cc8)c8ccc9c(c8)C9C)cc7)cc6)ccc4n5-c4ccccc4)cc3)cc2)C=C1. The summed E-state index contributed by atoms with van der Waals surface area (Å²) >= 11 is 0. The first-order valence-corrected chi connectivity index (χ1v) is 32.3. The molecule has 2 aliphatic rings. The van der Waals surface area contributed by atoms with Crippen LogP contribution in [-0.4, -0.2) is 40.1 Å². The van der Waals surface area contributed by atoms with Crippen molar-refractivity contribution in [2.75, 3.05) is 55.1 Å². The van der Waals surface area contributed by atoms with Crippen molar-refractivity contribution in [3.05, 3.63) is 326 Å². The summed E-state index contributed by atoms with van der Waals surface area (Å²) in [6.07, 6.45) is 9.17. The van der Waals surface area contributed by atoms with E-state index in [4.69, 9.17) is 23.7 Å². The van der Waals surface area contributed by atoms with E-state index in [9.17, 15) is 0 Å². The summed E-state index contributed by atoms with van der Waals surface area (Å²) in [6.45, 7) is 2.27. The number of aromatic nitrogens is 1. The number of hydrogen-bond acceptors (Lipinski definition) is 9. The van der Waals surface area contributed by atoms with Crippen molar-refractivity contribution in [2.24, 2.45) is 0 Å². The molecule has 0 fully saturated rings. The van der Waals surface area contributed by atoms with Gasteiger partial charge in [0.25, 0.3) is 0 Å². The zero-order chi connectivity index (χ0) is 65.2. The number of allylic oxidation sites excluding steroid dienone is 4. The fourth-order valence-electron chi connectivity index (χ4n) is 13.3. The molecule has 0 aliphatic heterocycles. The highest BCUT2D eigenvalue weighted by molar-refractivity contribution is 6.12. The number of ether oxygens (including phenoxy) is 5. The number of benzene rings is 12. The molecule has 0 radical (unpaired) electrons. The molecule has 15 rings (SSSR count). The van der Waals surface area contributed by atoms with Gasteiger partial charge in [-0.3, -0.25) is 0 Å². The summed E-state index contributed by atoms with van der Waals surface area (Å²) in [5.41, 5.74) is 22.9. The molecule has 0 saturated heterocycles. The lowest BCUT2D eigenvalue weighted by Gasteiger charge is -2.27. The third-order valence-corrected chi connectivity index (χ3v) is 18.5. The quantitative estimate of drug-likeness (QED) is 0.0742. The fraction of sp³-hybridized carbons (Fsp3) is 0.0930. The Labute approximate surface area is 560 Å². The number of para-hydroxylation sites is 1. The van der Waals surface area contributed by atoms with Gasteiger partial charge in [0.05, 0.1) is 46.6 Å². The maximum Gasteiger partial charge on any atom is 0.119 e. The Kier molecular flexibility index (Phi) is 16.3. The average molecular weight is 1250 g/mol. The highest BCUT2D eigenvalue weighted by atomic mass is 16.5. The van der Waals surface area contributed by atoms with Crippen molar-refractivity contribution in [3.8, 4) is 50.9 Å². The van der Waals surface area contributed by atoms with Crippen LogP contribution in [0.4, 0.5) is 62.6 Å². The van der Waals surface area contributed by atoms with Gasteiger partial charge >= 0.3 is 0 Å². The van der Waals surface area contributed by atoms with Crippen LogP contribution in [0.2, 0.25) is 0 Å². The standard InChI is InChI=1S/C86H71N5O5/c1-58-81-52-40-73(55-82(58)81)88(70-34-46-78(94-4)47-35-70)66-25-17-61(18-26-66)62-21-29-68(30-22-62)90(72-38-50-80(96-6)51-39-72)75-42-54-86-84(57-75)83-56-74(41-53-85(83)91(86)63-11-8-7-9-12-63)89(71-36-48-79(95-5)49-37-71)67-27-19-60(20-28-67)59-15-23-65(24-16-59)87(69-32-44-77(93-3)45-33-69)64-13-10-14-76(92-2)43-31-64/h7-9,11-58H,10H2,1-6H3. The van der Waals surface area contributed by atoms with Gasteiger partial charge in [-0.25, -0.2) is 0 Å². The number of nitrogens with zero attached hydrogens (tertiary/aromatic N) is 5. The number of hydrogen-bond donors (Lipinski definition) is 0. The van der Waals surface area contributed by atoms with Crippen LogP contribution in [0.25, 0.3) is 49.7 Å². The Balaban J connectivity index is 0.785. The smallest absolute Gasteiger partial charge is 0.119 e. The minimum atomic E-state index is 0.501. The third kappa shape index (κ3) is 11.7. The lowest BCUT2D eigenvalue weighted by Crippen LogP contribution is -2.15. The lowest BCUT2D eigenvalue weighted by atomic mass is 10.0. The molecule has 1 heterocycles. The van der Waals surface area contributed by atoms with Crippen LogP contribution in [0.1, 0.15) is 30.4 Å². The van der Waals surface area contributed by atoms with Gasteiger partial charge in [0.2, 0.25) is 0 Å². The molecular formula is C86H71N5O5. The van der Waals surface area contributed by atoms with Crippen molar-refractivity contribution < 1.29 is 23.7 Å². The highest BCUT2D eigenvalue weighted by Crippen LogP contribution is 2.49. The Morgan fingerprint density at radius 2 is 0.635 bits per heavy atom. The summed E-state index contributed by atoms with van der Waals surface area (Å²) in [5, 5.41) is 2.22. The van der Waals surface area contributed by atoms with Crippen LogP contribution < -0.4 is 38.5 Å². The predicted molar refractivity (Wildman–Crippen MR) is 395 cm³/mol. The van der Waals surface area contributed by atoms with E-state index in [0.29, 0.717) is 5.92 Å². The summed E-state index contributed by atoms with van der Waals surface area (Å²) in [5.74, 6) is 4.54. The first-order valence-electron chi connectivity index (χ1n) is 32.3. The molecule has 0 amide bonds. The van der Waals surface area contributed by atoms with Gasteiger partial charge < -0.3 is 47.9 Å². The Hall–Kier alpha value is -12.1. The second-order valence-corrected chi connectivity index (χ2v) is 23.9. The van der Waals surface area contributed by atoms with E-state index in [1.165, 1.54) is 11.1 Å². The van der Waals surface area contributed by atoms with Crippen molar-refractivity contribution in [2.45, 2.75) is 19.3 Å². The number of fused-ring (bicyclic) bond motifs is 4. The molecule has 13 aromatic rings. The molecule has 12 aromatic carbocycles. The molecule has 1 atom stereocenters. The zero-order valence-electron chi connectivity index (χ0n) is 54.4. The van der Waals surface area contributed by atoms with E-state index in [1.54, 1.807) is 35.5 Å². The van der Waals surface area contributed by atoms with E-state index < -0.39 is 0 Å². The fourth-order valence-corrected chi connectivity index (χ4v) is 13.3. The van der Waals surface area contributed by atoms with Gasteiger partial charge in [-0.05, 0) is 264 Å². The van der Waals surface area contributed by atoms with E-state index in [2.05, 4.69) is 280 Å². The minimum Gasteiger partial charge on any atom is -0.497 e. The van der Waals surface area contributed by atoms with Gasteiger partial charge in [-0.1, -0.05) is 85.8 Å². The third-order valence-electron chi connectivity index (χ3n) is 18.5. The molecule has 1 unspecified atom stereocenters. The number of rotatable bonds is 20. The van der Waals surface area contributed by atoms with E-state index in [0.717, 1.165) is 153 Å². The maximum atomic E-state index is 5.71. The molecule has 470 valence electrons. The van der Waals surface area contributed by atoms with Gasteiger partial charge in [0.1, 0.15) is 28.8 Å². The monoisotopic (exact) mass is 1250 g/mol. The molecular weight excluding hydrogens is 1180 g/mol. The maximum absolute atomic E-state index is 5.71. The Morgan fingerprint density at radius 3 is 0.990 bits per heavy atom. The predicted octanol–water partition coefficient (Wildman–Crippen LogP) is 22.5. The second-order valence-electron chi connectivity index (χ2n) is 23.9. The van der Waals surface area contributed by atoms with Crippen LogP contribution in [0, 0.1) is 0 Å². The summed E-state index contributed by atoms with van der Waals surface area (Å²) in [6, 6.07) is 99.6. The van der Waals surface area contributed by atoms with Crippen LogP contribution >= 0.6 is 0 Å². The number of anilines is 11. The van der Waals surface area contributed by atoms with Gasteiger partial charge in [-0.2, -0.15) is 0 Å². The summed E-state index contributed by atoms with van der Waals surface area (Å²) in [4.78, 5) is 9.24. The molecule has 0 N–H and O–H groups in total. The van der Waals surface area contributed by atoms with Gasteiger partial charge in [0.15, 0.2) is 0 Å². The molecule has 0 bridgehead atoms. The van der Waals surface area contributed by atoms with Crippen molar-refractivity contribution in [3.63, 3.8) is 0 Å². The van der Waals surface area contributed by atoms with Crippen molar-refractivity contribution in [1.29, 1.82) is 0 Å². The van der Waals surface area contributed by atoms with Crippen molar-refractivity contribution in [1.82, 2.24) is 4.57 Å². The second kappa shape index (κ2) is 26.1. The van der Waals surface area contributed by atoms with Crippen LogP contribution in [-0.2, 0) is 4.74 Å². The van der Waals surface area contributed by atoms with E-state index >= 15 is 0 Å². The topological polar surface area (TPSA) is 64.0 Å². The molecule has 10 nitrogen and oxygen atoms in total. The van der Waals surface area contributed by atoms with E-state index in [1.807, 2.05) is 54.6 Å². The molecule has 10 heteroatoms. The largest absolute Gasteiger partial charge is 0.497 e. The van der Waals surface area contributed by atoms with Crippen LogP contribution in [0.5, 0.6) is 23.0 Å². The van der Waals surface area contributed by atoms with Gasteiger partial charge in [0, 0.05) is 90.6 Å². The molecule has 1 aromatic heterocycles. The molecule has 0 spiro atoms. The molecule has 96 heavy (non-hydrogen) atoms. The zero-order valence-corrected chi connectivity index (χ0v) is 54.4.